The lowest BCUT2D eigenvalue weighted by Gasteiger charge is -2.24. The van der Waals surface area contributed by atoms with Crippen molar-refractivity contribution in [3.05, 3.63) is 23.7 Å². The second-order valence-corrected chi connectivity index (χ2v) is 6.75. The van der Waals surface area contributed by atoms with Crippen molar-refractivity contribution in [2.24, 2.45) is 0 Å². The number of ether oxygens (including phenoxy) is 1. The van der Waals surface area contributed by atoms with Gasteiger partial charge in [-0.15, -0.1) is 0 Å². The van der Waals surface area contributed by atoms with Crippen molar-refractivity contribution in [2.75, 3.05) is 13.1 Å². The maximum Gasteiger partial charge on any atom is 0.410 e. The molecule has 0 saturated carbocycles. The van der Waals surface area contributed by atoms with Gasteiger partial charge in [-0.1, -0.05) is 0 Å². The van der Waals surface area contributed by atoms with Gasteiger partial charge >= 0.3 is 6.09 Å². The van der Waals surface area contributed by atoms with E-state index < -0.39 is 5.60 Å². The van der Waals surface area contributed by atoms with E-state index in [1.54, 1.807) is 4.90 Å². The molecule has 1 aromatic heterocycles. The summed E-state index contributed by atoms with van der Waals surface area (Å²) in [5.74, 6) is 1.85. The van der Waals surface area contributed by atoms with Crippen molar-refractivity contribution in [3.63, 3.8) is 0 Å². The van der Waals surface area contributed by atoms with Crippen molar-refractivity contribution >= 4 is 6.09 Å². The molecular weight excluding hydrogens is 268 g/mol. The number of likely N-dealkylation sites (tertiary alicyclic amines) is 1. The van der Waals surface area contributed by atoms with Crippen LogP contribution in [0.15, 0.2) is 16.5 Å². The van der Waals surface area contributed by atoms with Crippen LogP contribution in [0.2, 0.25) is 0 Å². The molecule has 1 amide bonds. The first-order valence-electron chi connectivity index (χ1n) is 7.55. The molecule has 2 rings (SSSR count). The molecule has 1 aliphatic rings. The van der Waals surface area contributed by atoms with Crippen LogP contribution in [0.5, 0.6) is 0 Å². The molecule has 2 unspecified atom stereocenters. The number of nitrogens with one attached hydrogen (secondary N) is 1. The Morgan fingerprint density at radius 1 is 1.48 bits per heavy atom. The minimum atomic E-state index is -0.443. The largest absolute Gasteiger partial charge is 0.465 e. The molecule has 5 nitrogen and oxygen atoms in total. The Morgan fingerprint density at radius 3 is 2.76 bits per heavy atom. The molecule has 2 atom stereocenters. The average Bonchev–Trinajstić information content (AvgIpc) is 2.96. The summed E-state index contributed by atoms with van der Waals surface area (Å²) >= 11 is 0. The van der Waals surface area contributed by atoms with Crippen molar-refractivity contribution in [1.29, 1.82) is 0 Å². The van der Waals surface area contributed by atoms with Gasteiger partial charge in [0.1, 0.15) is 17.1 Å². The molecule has 0 aliphatic carbocycles. The molecule has 2 heterocycles. The number of amides is 1. The first-order chi connectivity index (χ1) is 9.74. The fraction of sp³-hybridized carbons (Fsp3) is 0.688. The van der Waals surface area contributed by atoms with E-state index in [1.807, 2.05) is 39.8 Å². The highest BCUT2D eigenvalue weighted by Gasteiger charge is 2.30. The van der Waals surface area contributed by atoms with Crippen LogP contribution in [0, 0.1) is 6.92 Å². The van der Waals surface area contributed by atoms with Crippen LogP contribution in [0.1, 0.15) is 51.7 Å². The number of hydrogen-bond acceptors (Lipinski definition) is 4. The number of nitrogens with zero attached hydrogens (tertiary/aromatic N) is 1. The van der Waals surface area contributed by atoms with Crippen LogP contribution in [0.3, 0.4) is 0 Å². The fourth-order valence-electron chi connectivity index (χ4n) is 2.51. The second-order valence-electron chi connectivity index (χ2n) is 6.75. The van der Waals surface area contributed by atoms with Crippen molar-refractivity contribution in [1.82, 2.24) is 10.2 Å². The normalized spacial score (nSPS) is 20.6. The Bertz CT molecular complexity index is 490. The van der Waals surface area contributed by atoms with Gasteiger partial charge in [-0.3, -0.25) is 0 Å². The summed E-state index contributed by atoms with van der Waals surface area (Å²) in [6, 6.07) is 4.38. The average molecular weight is 294 g/mol. The number of rotatable bonds is 3. The Balaban J connectivity index is 1.84. The van der Waals surface area contributed by atoms with E-state index in [1.165, 1.54) is 0 Å². The highest BCUT2D eigenvalue weighted by atomic mass is 16.6. The quantitative estimate of drug-likeness (QED) is 0.929. The molecule has 0 radical (unpaired) electrons. The predicted octanol–water partition coefficient (Wildman–Crippen LogP) is 3.25. The smallest absolute Gasteiger partial charge is 0.410 e. The third-order valence-electron chi connectivity index (χ3n) is 3.51. The summed E-state index contributed by atoms with van der Waals surface area (Å²) in [5, 5.41) is 3.51. The van der Waals surface area contributed by atoms with E-state index in [4.69, 9.17) is 9.15 Å². The molecule has 1 fully saturated rings. The van der Waals surface area contributed by atoms with E-state index >= 15 is 0 Å². The Labute approximate surface area is 126 Å². The SMILES string of the molecule is Cc1ccc(C(C)NC2CCN(C(=O)OC(C)(C)C)C2)o1. The summed E-state index contributed by atoms with van der Waals surface area (Å²) in [5.41, 5.74) is -0.443. The van der Waals surface area contributed by atoms with Gasteiger partial charge in [0, 0.05) is 19.1 Å². The van der Waals surface area contributed by atoms with Crippen LogP contribution < -0.4 is 5.32 Å². The summed E-state index contributed by atoms with van der Waals surface area (Å²) < 4.78 is 11.0. The zero-order valence-corrected chi connectivity index (χ0v) is 13.6. The van der Waals surface area contributed by atoms with Gasteiger partial charge in [0.15, 0.2) is 0 Å². The Hall–Kier alpha value is -1.49. The van der Waals surface area contributed by atoms with Gasteiger partial charge in [-0.05, 0) is 53.2 Å². The lowest BCUT2D eigenvalue weighted by Crippen LogP contribution is -2.38. The van der Waals surface area contributed by atoms with E-state index in [-0.39, 0.29) is 18.2 Å². The summed E-state index contributed by atoms with van der Waals surface area (Å²) in [6.45, 7) is 11.1. The number of furan rings is 1. The highest BCUT2D eigenvalue weighted by molar-refractivity contribution is 5.68. The van der Waals surface area contributed by atoms with Crippen LogP contribution in [-0.4, -0.2) is 35.7 Å². The molecular formula is C16H26N2O3. The molecule has 5 heteroatoms. The van der Waals surface area contributed by atoms with Gasteiger partial charge in [0.25, 0.3) is 0 Å². The monoisotopic (exact) mass is 294 g/mol. The highest BCUT2D eigenvalue weighted by Crippen LogP contribution is 2.20. The van der Waals surface area contributed by atoms with Crippen LogP contribution in [0.4, 0.5) is 4.79 Å². The van der Waals surface area contributed by atoms with Gasteiger partial charge in [-0.2, -0.15) is 0 Å². The topological polar surface area (TPSA) is 54.7 Å². The first kappa shape index (κ1) is 15.9. The van der Waals surface area contributed by atoms with Gasteiger partial charge in [-0.25, -0.2) is 4.79 Å². The lowest BCUT2D eigenvalue weighted by atomic mass is 10.2. The van der Waals surface area contributed by atoms with Crippen LogP contribution >= 0.6 is 0 Å². The Morgan fingerprint density at radius 2 is 2.19 bits per heavy atom. The third-order valence-corrected chi connectivity index (χ3v) is 3.51. The fourth-order valence-corrected chi connectivity index (χ4v) is 2.51. The summed E-state index contributed by atoms with van der Waals surface area (Å²) in [4.78, 5) is 13.8. The lowest BCUT2D eigenvalue weighted by molar-refractivity contribution is 0.0290. The van der Waals surface area contributed by atoms with E-state index in [0.717, 1.165) is 24.5 Å². The standard InChI is InChI=1S/C16H26N2O3/c1-11-6-7-14(20-11)12(2)17-13-8-9-18(10-13)15(19)21-16(3,4)5/h6-7,12-13,17H,8-10H2,1-5H3. The molecule has 118 valence electrons. The second kappa shape index (κ2) is 6.10. The molecule has 1 saturated heterocycles. The van der Waals surface area contributed by atoms with E-state index in [0.29, 0.717) is 6.54 Å². The maximum absolute atomic E-state index is 12.0. The van der Waals surface area contributed by atoms with Crippen molar-refractivity contribution in [3.8, 4) is 0 Å². The van der Waals surface area contributed by atoms with Crippen molar-refractivity contribution in [2.45, 2.75) is 58.7 Å². The molecule has 0 bridgehead atoms. The molecule has 21 heavy (non-hydrogen) atoms. The zero-order valence-electron chi connectivity index (χ0n) is 13.6. The zero-order chi connectivity index (χ0) is 15.6. The third kappa shape index (κ3) is 4.49. The minimum Gasteiger partial charge on any atom is -0.465 e. The first-order valence-corrected chi connectivity index (χ1v) is 7.55. The van der Waals surface area contributed by atoms with E-state index in [2.05, 4.69) is 12.2 Å². The minimum absolute atomic E-state index is 0.141. The number of hydrogen-bond donors (Lipinski definition) is 1. The maximum atomic E-state index is 12.0. The van der Waals surface area contributed by atoms with Gasteiger partial charge in [0.05, 0.1) is 6.04 Å². The van der Waals surface area contributed by atoms with E-state index in [9.17, 15) is 4.79 Å². The summed E-state index contributed by atoms with van der Waals surface area (Å²) in [7, 11) is 0. The molecule has 1 aromatic rings. The van der Waals surface area contributed by atoms with Gasteiger partial charge in [0.2, 0.25) is 0 Å². The summed E-state index contributed by atoms with van der Waals surface area (Å²) in [6.07, 6.45) is 0.705. The number of carbonyl (C=O) groups is 1. The molecule has 0 aromatic carbocycles. The number of carbonyl (C=O) groups excluding carboxylic acids is 1. The Kier molecular flexibility index (Phi) is 4.61. The van der Waals surface area contributed by atoms with Gasteiger partial charge < -0.3 is 19.4 Å². The molecule has 1 aliphatic heterocycles. The predicted molar refractivity (Wildman–Crippen MR) is 81.2 cm³/mol. The molecule has 0 spiro atoms. The van der Waals surface area contributed by atoms with Crippen LogP contribution in [-0.2, 0) is 4.74 Å². The van der Waals surface area contributed by atoms with Crippen molar-refractivity contribution < 1.29 is 13.9 Å². The van der Waals surface area contributed by atoms with Crippen LogP contribution in [0.25, 0.3) is 0 Å². The molecule has 1 N–H and O–H groups in total. The number of aryl methyl sites for hydroxylation is 1.